The molecule has 0 unspecified atom stereocenters. The van der Waals surface area contributed by atoms with Crippen LogP contribution in [0.4, 0.5) is 20.3 Å². The second kappa shape index (κ2) is 16.3. The van der Waals surface area contributed by atoms with Gasteiger partial charge in [-0.05, 0) is 30.3 Å². The standard InChI is InChI=1S/C29H29ClF2N8O2.2C2H6/c1-37(11-12-38-13-14-40(2,3)18-38)29(41)20-5-4-19(16-22(20)30)36-27-28-35-17-23(39(28)10-9-34-27)21-6-7-24(42-15-8-33)26(32)25(21)31;2*1-2/h4-7,9-10,16-17H,11-15,18H2,1-3H3;2*1-2H3/p+1. The first kappa shape index (κ1) is 36.2. The van der Waals surface area contributed by atoms with Crippen molar-refractivity contribution in [1.29, 1.82) is 5.26 Å². The molecule has 0 aliphatic carbocycles. The Balaban J connectivity index is 0.00000139. The van der Waals surface area contributed by atoms with E-state index < -0.39 is 18.2 Å². The molecule has 1 fully saturated rings. The van der Waals surface area contributed by atoms with Crippen LogP contribution in [0.5, 0.6) is 5.75 Å². The van der Waals surface area contributed by atoms with E-state index in [4.69, 9.17) is 21.6 Å². The number of halogens is 3. The normalized spacial score (nSPS) is 13.6. The fraction of sp³-hybridized carbons (Fsp3) is 0.394. The van der Waals surface area contributed by atoms with E-state index in [-0.39, 0.29) is 27.9 Å². The second-order valence-electron chi connectivity index (χ2n) is 10.8. The minimum absolute atomic E-state index is 0.0380. The number of nitrogens with zero attached hydrogens (tertiary/aromatic N) is 7. The predicted molar refractivity (Wildman–Crippen MR) is 177 cm³/mol. The zero-order chi connectivity index (χ0) is 34.0. The lowest BCUT2D eigenvalue weighted by atomic mass is 10.1. The number of nitrogens with one attached hydrogen (secondary N) is 1. The van der Waals surface area contributed by atoms with E-state index in [0.29, 0.717) is 29.3 Å². The first-order valence-electron chi connectivity index (χ1n) is 15.2. The number of rotatable bonds is 9. The van der Waals surface area contributed by atoms with Crippen LogP contribution in [0.2, 0.25) is 5.02 Å². The summed E-state index contributed by atoms with van der Waals surface area (Å²) in [5.74, 6) is -2.50. The number of imidazole rings is 1. The van der Waals surface area contributed by atoms with Gasteiger partial charge in [0, 0.05) is 43.8 Å². The van der Waals surface area contributed by atoms with E-state index in [2.05, 4.69) is 34.3 Å². The van der Waals surface area contributed by atoms with Crippen molar-refractivity contribution in [1.82, 2.24) is 24.2 Å². The second-order valence-corrected chi connectivity index (χ2v) is 11.2. The SMILES string of the molecule is CC.CC.CN(CCN1CC[N+](C)(C)C1)C(=O)c1ccc(Nc2nccn3c(-c4ccc(OCC#N)c(F)c4F)cnc23)cc1Cl. The van der Waals surface area contributed by atoms with Crippen LogP contribution in [0.25, 0.3) is 16.9 Å². The summed E-state index contributed by atoms with van der Waals surface area (Å²) in [6, 6.07) is 9.35. The van der Waals surface area contributed by atoms with Crippen LogP contribution in [0.15, 0.2) is 48.9 Å². The van der Waals surface area contributed by atoms with Crippen molar-refractivity contribution in [3.8, 4) is 23.1 Å². The van der Waals surface area contributed by atoms with Crippen LogP contribution in [-0.4, -0.2) is 95.2 Å². The zero-order valence-electron chi connectivity index (χ0n) is 27.4. The molecule has 1 N–H and O–H groups in total. The van der Waals surface area contributed by atoms with Gasteiger partial charge in [0.25, 0.3) is 5.91 Å². The Bertz CT molecular complexity index is 1690. The van der Waals surface area contributed by atoms with Gasteiger partial charge in [0.2, 0.25) is 5.82 Å². The number of carbonyl (C=O) groups is 1. The van der Waals surface area contributed by atoms with Gasteiger partial charge >= 0.3 is 0 Å². The average Bonchev–Trinajstić information content (AvgIpc) is 3.65. The Labute approximate surface area is 274 Å². The van der Waals surface area contributed by atoms with E-state index in [0.717, 1.165) is 30.8 Å². The van der Waals surface area contributed by atoms with E-state index in [1.165, 1.54) is 24.5 Å². The highest BCUT2D eigenvalue weighted by atomic mass is 35.5. The molecule has 0 spiro atoms. The van der Waals surface area contributed by atoms with Crippen LogP contribution in [0.3, 0.4) is 0 Å². The highest BCUT2D eigenvalue weighted by molar-refractivity contribution is 6.34. The van der Waals surface area contributed by atoms with Gasteiger partial charge in [-0.3, -0.25) is 9.20 Å². The van der Waals surface area contributed by atoms with Gasteiger partial charge in [-0.25, -0.2) is 19.3 Å². The van der Waals surface area contributed by atoms with Gasteiger partial charge in [-0.1, -0.05) is 39.3 Å². The topological polar surface area (TPSA) is 98.8 Å². The largest absolute Gasteiger partial charge is 0.476 e. The molecule has 0 radical (unpaired) electrons. The lowest BCUT2D eigenvalue weighted by Gasteiger charge is -2.25. The van der Waals surface area contributed by atoms with Gasteiger partial charge < -0.3 is 19.4 Å². The van der Waals surface area contributed by atoms with Crippen LogP contribution in [-0.2, 0) is 0 Å². The fourth-order valence-electron chi connectivity index (χ4n) is 4.94. The predicted octanol–water partition coefficient (Wildman–Crippen LogP) is 6.45. The summed E-state index contributed by atoms with van der Waals surface area (Å²) in [5.41, 5.74) is 1.56. The van der Waals surface area contributed by atoms with Crippen molar-refractivity contribution in [3.63, 3.8) is 0 Å². The van der Waals surface area contributed by atoms with Crippen molar-refractivity contribution in [3.05, 3.63) is 71.1 Å². The molecule has 3 heterocycles. The fourth-order valence-corrected chi connectivity index (χ4v) is 5.20. The summed E-state index contributed by atoms with van der Waals surface area (Å²) >= 11 is 6.53. The van der Waals surface area contributed by atoms with E-state index in [1.54, 1.807) is 46.8 Å². The molecule has 46 heavy (non-hydrogen) atoms. The third-order valence-electron chi connectivity index (χ3n) is 7.21. The summed E-state index contributed by atoms with van der Waals surface area (Å²) in [7, 11) is 6.16. The molecule has 1 aliphatic heterocycles. The molecule has 13 heteroatoms. The zero-order valence-corrected chi connectivity index (χ0v) is 28.2. The number of aromatic nitrogens is 3. The smallest absolute Gasteiger partial charge is 0.255 e. The molecule has 5 rings (SSSR count). The number of fused-ring (bicyclic) bond motifs is 1. The first-order chi connectivity index (χ1) is 22.1. The van der Waals surface area contributed by atoms with Gasteiger partial charge in [-0.15, -0.1) is 0 Å². The Morgan fingerprint density at radius 2 is 1.89 bits per heavy atom. The number of nitriles is 1. The van der Waals surface area contributed by atoms with E-state index >= 15 is 0 Å². The quantitative estimate of drug-likeness (QED) is 0.207. The lowest BCUT2D eigenvalue weighted by molar-refractivity contribution is -0.882. The van der Waals surface area contributed by atoms with Gasteiger partial charge in [-0.2, -0.15) is 9.65 Å². The summed E-state index contributed by atoms with van der Waals surface area (Å²) in [6.07, 6.45) is 4.48. The number of quaternary nitrogens is 1. The van der Waals surface area contributed by atoms with E-state index in [1.807, 2.05) is 27.7 Å². The highest BCUT2D eigenvalue weighted by Gasteiger charge is 2.28. The molecule has 1 aliphatic rings. The molecule has 4 aromatic rings. The molecule has 0 saturated carbocycles. The van der Waals surface area contributed by atoms with Gasteiger partial charge in [0.15, 0.2) is 29.6 Å². The Kier molecular flexibility index (Phi) is 12.8. The molecule has 2 aromatic carbocycles. The molecular formula is C33H42ClF2N8O2+. The molecule has 2 aromatic heterocycles. The number of carbonyl (C=O) groups excluding carboxylic acids is 1. The van der Waals surface area contributed by atoms with Crippen LogP contribution >= 0.6 is 11.6 Å². The minimum atomic E-state index is -1.20. The molecule has 246 valence electrons. The molecule has 10 nitrogen and oxygen atoms in total. The number of benzene rings is 2. The molecule has 1 saturated heterocycles. The number of likely N-dealkylation sites (N-methyl/N-ethyl adjacent to an activating group) is 2. The lowest BCUT2D eigenvalue weighted by Crippen LogP contribution is -2.40. The molecule has 0 bridgehead atoms. The summed E-state index contributed by atoms with van der Waals surface area (Å²) < 4.78 is 36.9. The Hall–Kier alpha value is -4.31. The summed E-state index contributed by atoms with van der Waals surface area (Å²) in [5, 5.41) is 12.1. The number of amides is 1. The monoisotopic (exact) mass is 655 g/mol. The Morgan fingerprint density at radius 1 is 1.15 bits per heavy atom. The molecular weight excluding hydrogens is 614 g/mol. The number of hydrogen-bond acceptors (Lipinski definition) is 7. The Morgan fingerprint density at radius 3 is 2.54 bits per heavy atom. The van der Waals surface area contributed by atoms with Crippen LogP contribution < -0.4 is 10.1 Å². The van der Waals surface area contributed by atoms with Crippen LogP contribution in [0.1, 0.15) is 38.1 Å². The maximum Gasteiger partial charge on any atom is 0.255 e. The minimum Gasteiger partial charge on any atom is -0.476 e. The third-order valence-corrected chi connectivity index (χ3v) is 7.52. The van der Waals surface area contributed by atoms with Crippen LogP contribution in [0, 0.1) is 23.0 Å². The molecule has 0 atom stereocenters. The van der Waals surface area contributed by atoms with Crippen molar-refractivity contribution in [2.75, 3.05) is 65.9 Å². The third kappa shape index (κ3) is 8.28. The highest BCUT2D eigenvalue weighted by Crippen LogP contribution is 2.32. The summed E-state index contributed by atoms with van der Waals surface area (Å²) in [6.45, 7) is 12.0. The van der Waals surface area contributed by atoms with Crippen molar-refractivity contribution in [2.45, 2.75) is 27.7 Å². The van der Waals surface area contributed by atoms with Gasteiger partial charge in [0.05, 0.1) is 49.7 Å². The molecule has 1 amide bonds. The van der Waals surface area contributed by atoms with Gasteiger partial charge in [0.1, 0.15) is 12.7 Å². The van der Waals surface area contributed by atoms with Crippen molar-refractivity contribution < 1.29 is 22.8 Å². The first-order valence-corrected chi connectivity index (χ1v) is 15.6. The summed E-state index contributed by atoms with van der Waals surface area (Å²) in [4.78, 5) is 25.8. The number of anilines is 2. The maximum absolute atomic E-state index is 14.9. The average molecular weight is 656 g/mol. The van der Waals surface area contributed by atoms with E-state index in [9.17, 15) is 13.6 Å². The van der Waals surface area contributed by atoms with Crippen molar-refractivity contribution in [2.24, 2.45) is 0 Å². The number of ether oxygens (including phenoxy) is 1. The number of hydrogen-bond donors (Lipinski definition) is 1. The van der Waals surface area contributed by atoms with Crippen molar-refractivity contribution >= 4 is 34.7 Å². The maximum atomic E-state index is 14.9.